The number of thiol groups is 1. The Morgan fingerprint density at radius 2 is 2.09 bits per heavy atom. The predicted octanol–water partition coefficient (Wildman–Crippen LogP) is 2.27. The van der Waals surface area contributed by atoms with Gasteiger partial charge in [0.2, 0.25) is 0 Å². The number of benzene rings is 1. The van der Waals surface area contributed by atoms with Crippen molar-refractivity contribution in [3.63, 3.8) is 0 Å². The Kier molecular flexibility index (Phi) is 3.24. The minimum absolute atomic E-state index is 0.0629. The van der Waals surface area contributed by atoms with Crippen molar-refractivity contribution in [1.82, 2.24) is 0 Å². The lowest BCUT2D eigenvalue weighted by Crippen LogP contribution is -2.11. The lowest BCUT2D eigenvalue weighted by molar-refractivity contribution is 0.834. The lowest BCUT2D eigenvalue weighted by Gasteiger charge is -2.09. The van der Waals surface area contributed by atoms with Gasteiger partial charge in [-0.15, -0.1) is 0 Å². The van der Waals surface area contributed by atoms with E-state index in [1.165, 1.54) is 0 Å². The molecule has 0 heterocycles. The van der Waals surface area contributed by atoms with E-state index in [0.29, 0.717) is 10.8 Å². The molecule has 0 saturated carbocycles. The second-order valence-electron chi connectivity index (χ2n) is 2.31. The first-order valence-electron chi connectivity index (χ1n) is 3.36. The van der Waals surface area contributed by atoms with Crippen LogP contribution < -0.4 is 5.73 Å². The van der Waals surface area contributed by atoms with E-state index in [9.17, 15) is 0 Å². The fourth-order valence-corrected chi connectivity index (χ4v) is 1.35. The molecular formula is C8H10ClNS. The normalized spacial score (nSPS) is 13.0. The van der Waals surface area contributed by atoms with E-state index in [1.807, 2.05) is 24.3 Å². The zero-order chi connectivity index (χ0) is 8.27. The summed E-state index contributed by atoms with van der Waals surface area (Å²) in [6.07, 6.45) is 0. The van der Waals surface area contributed by atoms with Crippen molar-refractivity contribution in [3.8, 4) is 0 Å². The lowest BCUT2D eigenvalue weighted by atomic mass is 10.1. The highest BCUT2D eigenvalue weighted by atomic mass is 35.5. The SMILES string of the molecule is NC(CS)c1ccccc1Cl. The van der Waals surface area contributed by atoms with Crippen molar-refractivity contribution < 1.29 is 0 Å². The first kappa shape index (κ1) is 8.91. The van der Waals surface area contributed by atoms with Crippen LogP contribution in [0.15, 0.2) is 24.3 Å². The van der Waals surface area contributed by atoms with Gasteiger partial charge in [0, 0.05) is 16.8 Å². The molecule has 0 spiro atoms. The molecule has 1 nitrogen and oxygen atoms in total. The van der Waals surface area contributed by atoms with Gasteiger partial charge in [-0.2, -0.15) is 12.6 Å². The van der Waals surface area contributed by atoms with Crippen molar-refractivity contribution >= 4 is 24.2 Å². The molecule has 1 atom stereocenters. The fourth-order valence-electron chi connectivity index (χ4n) is 0.874. The van der Waals surface area contributed by atoms with Crippen LogP contribution in [-0.4, -0.2) is 5.75 Å². The Labute approximate surface area is 77.0 Å². The molecule has 0 amide bonds. The third-order valence-corrected chi connectivity index (χ3v) is 2.24. The number of hydrogen-bond donors (Lipinski definition) is 2. The highest BCUT2D eigenvalue weighted by Gasteiger charge is 2.05. The molecular weight excluding hydrogens is 178 g/mol. The molecule has 0 aliphatic rings. The maximum atomic E-state index is 5.88. The van der Waals surface area contributed by atoms with Gasteiger partial charge in [0.05, 0.1) is 0 Å². The number of rotatable bonds is 2. The molecule has 0 radical (unpaired) electrons. The molecule has 1 rings (SSSR count). The smallest absolute Gasteiger partial charge is 0.0454 e. The Morgan fingerprint density at radius 3 is 2.64 bits per heavy atom. The summed E-state index contributed by atoms with van der Waals surface area (Å²) in [7, 11) is 0. The third kappa shape index (κ3) is 2.12. The van der Waals surface area contributed by atoms with Gasteiger partial charge in [0.1, 0.15) is 0 Å². The maximum absolute atomic E-state index is 5.88. The molecule has 11 heavy (non-hydrogen) atoms. The summed E-state index contributed by atoms with van der Waals surface area (Å²) in [6.45, 7) is 0. The molecule has 3 heteroatoms. The van der Waals surface area contributed by atoms with Crippen LogP contribution in [0.3, 0.4) is 0 Å². The van der Waals surface area contributed by atoms with E-state index in [4.69, 9.17) is 17.3 Å². The van der Waals surface area contributed by atoms with Crippen molar-refractivity contribution in [2.75, 3.05) is 5.75 Å². The average Bonchev–Trinajstić information content (AvgIpc) is 2.04. The van der Waals surface area contributed by atoms with Crippen molar-refractivity contribution in [3.05, 3.63) is 34.9 Å². The quantitative estimate of drug-likeness (QED) is 0.683. The Hall–Kier alpha value is -0.180. The van der Waals surface area contributed by atoms with Gasteiger partial charge in [-0.05, 0) is 11.6 Å². The molecule has 0 fully saturated rings. The second-order valence-corrected chi connectivity index (χ2v) is 3.08. The van der Waals surface area contributed by atoms with Crippen LogP contribution in [0.25, 0.3) is 0 Å². The monoisotopic (exact) mass is 187 g/mol. The maximum Gasteiger partial charge on any atom is 0.0454 e. The molecule has 0 bridgehead atoms. The molecule has 0 saturated heterocycles. The van der Waals surface area contributed by atoms with E-state index >= 15 is 0 Å². The summed E-state index contributed by atoms with van der Waals surface area (Å²) in [5.74, 6) is 0.615. The molecule has 0 aliphatic carbocycles. The highest BCUT2D eigenvalue weighted by Crippen LogP contribution is 2.21. The largest absolute Gasteiger partial charge is 0.323 e. The van der Waals surface area contributed by atoms with Gasteiger partial charge in [-0.25, -0.2) is 0 Å². The third-order valence-electron chi connectivity index (χ3n) is 1.50. The minimum Gasteiger partial charge on any atom is -0.323 e. The van der Waals surface area contributed by atoms with Crippen LogP contribution in [0.5, 0.6) is 0 Å². The van der Waals surface area contributed by atoms with Crippen LogP contribution in [0.4, 0.5) is 0 Å². The second kappa shape index (κ2) is 4.00. The van der Waals surface area contributed by atoms with Gasteiger partial charge >= 0.3 is 0 Å². The summed E-state index contributed by atoms with van der Waals surface area (Å²) in [6, 6.07) is 7.50. The van der Waals surface area contributed by atoms with Crippen LogP contribution in [0.2, 0.25) is 5.02 Å². The fraction of sp³-hybridized carbons (Fsp3) is 0.250. The molecule has 0 aromatic heterocycles. The topological polar surface area (TPSA) is 26.0 Å². The zero-order valence-corrected chi connectivity index (χ0v) is 7.65. The molecule has 2 N–H and O–H groups in total. The van der Waals surface area contributed by atoms with Gasteiger partial charge in [0.15, 0.2) is 0 Å². The molecule has 60 valence electrons. The first-order chi connectivity index (χ1) is 5.25. The van der Waals surface area contributed by atoms with Crippen molar-refractivity contribution in [2.45, 2.75) is 6.04 Å². The Morgan fingerprint density at radius 1 is 1.45 bits per heavy atom. The Bertz CT molecular complexity index is 239. The van der Waals surface area contributed by atoms with Crippen LogP contribution >= 0.6 is 24.2 Å². The van der Waals surface area contributed by atoms with Crippen LogP contribution in [0, 0.1) is 0 Å². The number of nitrogens with two attached hydrogens (primary N) is 1. The van der Waals surface area contributed by atoms with Gasteiger partial charge in [-0.1, -0.05) is 29.8 Å². The number of hydrogen-bond acceptors (Lipinski definition) is 2. The minimum atomic E-state index is -0.0629. The van der Waals surface area contributed by atoms with Gasteiger partial charge in [-0.3, -0.25) is 0 Å². The van der Waals surface area contributed by atoms with Crippen LogP contribution in [-0.2, 0) is 0 Å². The summed E-state index contributed by atoms with van der Waals surface area (Å²) in [5, 5.41) is 0.717. The number of halogens is 1. The molecule has 1 aromatic carbocycles. The van der Waals surface area contributed by atoms with Gasteiger partial charge < -0.3 is 5.73 Å². The van der Waals surface area contributed by atoms with Crippen LogP contribution in [0.1, 0.15) is 11.6 Å². The Balaban J connectivity index is 2.93. The summed E-state index contributed by atoms with van der Waals surface area (Å²) < 4.78 is 0. The summed E-state index contributed by atoms with van der Waals surface area (Å²) >= 11 is 9.97. The zero-order valence-electron chi connectivity index (χ0n) is 6.00. The average molecular weight is 188 g/mol. The summed E-state index contributed by atoms with van der Waals surface area (Å²) in [4.78, 5) is 0. The summed E-state index contributed by atoms with van der Waals surface area (Å²) in [5.41, 5.74) is 6.70. The molecule has 0 aliphatic heterocycles. The van der Waals surface area contributed by atoms with E-state index in [0.717, 1.165) is 5.56 Å². The predicted molar refractivity (Wildman–Crippen MR) is 52.2 cm³/mol. The van der Waals surface area contributed by atoms with Crippen molar-refractivity contribution in [1.29, 1.82) is 0 Å². The van der Waals surface area contributed by atoms with E-state index in [2.05, 4.69) is 12.6 Å². The van der Waals surface area contributed by atoms with Gasteiger partial charge in [0.25, 0.3) is 0 Å². The molecule has 1 unspecified atom stereocenters. The first-order valence-corrected chi connectivity index (χ1v) is 4.37. The van der Waals surface area contributed by atoms with E-state index in [1.54, 1.807) is 0 Å². The van der Waals surface area contributed by atoms with E-state index in [-0.39, 0.29) is 6.04 Å². The molecule has 1 aromatic rings. The standard InChI is InChI=1S/C8H10ClNS/c9-7-4-2-1-3-6(7)8(10)5-11/h1-4,8,11H,5,10H2. The van der Waals surface area contributed by atoms with E-state index < -0.39 is 0 Å². The van der Waals surface area contributed by atoms with Crippen molar-refractivity contribution in [2.24, 2.45) is 5.73 Å². The highest BCUT2D eigenvalue weighted by molar-refractivity contribution is 7.80.